The highest BCUT2D eigenvalue weighted by Crippen LogP contribution is 2.35. The minimum absolute atomic E-state index is 0.232. The third kappa shape index (κ3) is 4.18. The maximum atomic E-state index is 12.2. The van der Waals surface area contributed by atoms with Crippen molar-refractivity contribution in [2.75, 3.05) is 17.3 Å². The fourth-order valence-electron chi connectivity index (χ4n) is 2.96. The highest BCUT2D eigenvalue weighted by atomic mass is 35.5. The number of anilines is 2. The number of benzene rings is 1. The van der Waals surface area contributed by atoms with Crippen LogP contribution in [0.5, 0.6) is 0 Å². The van der Waals surface area contributed by atoms with Gasteiger partial charge in [-0.3, -0.25) is 15.2 Å². The molecule has 1 atom stereocenters. The van der Waals surface area contributed by atoms with Gasteiger partial charge in [-0.05, 0) is 30.7 Å². The van der Waals surface area contributed by atoms with Gasteiger partial charge in [0.25, 0.3) is 0 Å². The second kappa shape index (κ2) is 8.78. The molecule has 2 amide bonds. The van der Waals surface area contributed by atoms with Crippen molar-refractivity contribution in [3.63, 3.8) is 0 Å². The summed E-state index contributed by atoms with van der Waals surface area (Å²) < 4.78 is 5.90. The molecule has 3 rings (SSSR count). The van der Waals surface area contributed by atoms with Crippen molar-refractivity contribution in [3.05, 3.63) is 53.2 Å². The molecule has 30 heavy (non-hydrogen) atoms. The van der Waals surface area contributed by atoms with Crippen molar-refractivity contribution in [1.82, 2.24) is 20.0 Å². The van der Waals surface area contributed by atoms with Crippen LogP contribution in [0.3, 0.4) is 0 Å². The molecule has 3 aromatic rings. The molecule has 0 radical (unpaired) electrons. The fraction of sp³-hybridized carbons (Fsp3) is 0.211. The van der Waals surface area contributed by atoms with Crippen LogP contribution in [-0.4, -0.2) is 44.4 Å². The van der Waals surface area contributed by atoms with E-state index in [9.17, 15) is 14.7 Å². The lowest BCUT2D eigenvalue weighted by atomic mass is 10.1. The van der Waals surface area contributed by atoms with Crippen molar-refractivity contribution in [3.8, 4) is 11.4 Å². The number of nitrogens with zero attached hydrogens (tertiary/aromatic N) is 5. The van der Waals surface area contributed by atoms with Crippen molar-refractivity contribution in [2.45, 2.75) is 13.0 Å². The summed E-state index contributed by atoms with van der Waals surface area (Å²) in [5.74, 6) is 0.232. The summed E-state index contributed by atoms with van der Waals surface area (Å²) in [5.41, 5.74) is 1.70. The van der Waals surface area contributed by atoms with Crippen LogP contribution in [0.15, 0.2) is 42.6 Å². The highest BCUT2D eigenvalue weighted by Gasteiger charge is 2.31. The molecule has 0 aliphatic rings. The Balaban J connectivity index is 2.02. The lowest BCUT2D eigenvalue weighted by Gasteiger charge is -2.27. The van der Waals surface area contributed by atoms with E-state index in [1.807, 2.05) is 0 Å². The van der Waals surface area contributed by atoms with Gasteiger partial charge in [-0.2, -0.15) is 0 Å². The van der Waals surface area contributed by atoms with Gasteiger partial charge in [-0.25, -0.2) is 14.3 Å². The van der Waals surface area contributed by atoms with Gasteiger partial charge in [0.2, 0.25) is 0 Å². The lowest BCUT2D eigenvalue weighted by Crippen LogP contribution is -2.34. The third-order valence-electron chi connectivity index (χ3n) is 4.41. The van der Waals surface area contributed by atoms with Crippen molar-refractivity contribution in [2.24, 2.45) is 7.05 Å². The number of amides is 2. The van der Waals surface area contributed by atoms with Gasteiger partial charge in [0.05, 0.1) is 30.7 Å². The number of ether oxygens (including phenoxy) is 1. The number of aromatic nitrogens is 4. The smallest absolute Gasteiger partial charge is 0.413 e. The minimum atomic E-state index is -1.20. The van der Waals surface area contributed by atoms with Gasteiger partial charge in [0.15, 0.2) is 11.5 Å². The number of pyridine rings is 1. The summed E-state index contributed by atoms with van der Waals surface area (Å²) in [6, 6.07) is 9.60. The van der Waals surface area contributed by atoms with E-state index in [4.69, 9.17) is 11.6 Å². The van der Waals surface area contributed by atoms with Crippen molar-refractivity contribution >= 4 is 35.3 Å². The Bertz CT molecular complexity index is 1070. The number of carbonyl (C=O) groups excluding carboxylic acids is 1. The molecule has 0 saturated carbocycles. The van der Waals surface area contributed by atoms with E-state index in [0.29, 0.717) is 22.0 Å². The first kappa shape index (κ1) is 21.1. The van der Waals surface area contributed by atoms with E-state index in [1.54, 1.807) is 50.4 Å². The zero-order chi connectivity index (χ0) is 21.8. The molecule has 0 spiro atoms. The summed E-state index contributed by atoms with van der Waals surface area (Å²) in [6.07, 6.45) is -0.416. The number of nitrogens with one attached hydrogen (secondary N) is 1. The maximum absolute atomic E-state index is 12.2. The first-order valence-corrected chi connectivity index (χ1v) is 9.19. The Hall–Kier alpha value is -3.66. The summed E-state index contributed by atoms with van der Waals surface area (Å²) >= 11 is 6.28. The summed E-state index contributed by atoms with van der Waals surface area (Å²) in [5, 5.41) is 21.0. The lowest BCUT2D eigenvalue weighted by molar-refractivity contribution is 0.187. The summed E-state index contributed by atoms with van der Waals surface area (Å²) in [6.45, 7) is 1.73. The van der Waals surface area contributed by atoms with E-state index < -0.39 is 18.2 Å². The molecular formula is C19H19ClN6O4. The molecule has 0 unspecified atom stereocenters. The molecule has 11 heteroatoms. The first-order valence-electron chi connectivity index (χ1n) is 8.81. The predicted octanol–water partition coefficient (Wildman–Crippen LogP) is 3.95. The maximum Gasteiger partial charge on any atom is 0.413 e. The highest BCUT2D eigenvalue weighted by molar-refractivity contribution is 6.31. The largest absolute Gasteiger partial charge is 0.465 e. The molecule has 156 valence electrons. The second-order valence-electron chi connectivity index (χ2n) is 6.28. The minimum Gasteiger partial charge on any atom is -0.465 e. The fourth-order valence-corrected chi connectivity index (χ4v) is 3.25. The molecule has 0 aliphatic carbocycles. The molecule has 2 N–H and O–H groups in total. The topological polar surface area (TPSA) is 122 Å². The van der Waals surface area contributed by atoms with Crippen LogP contribution in [0.4, 0.5) is 21.1 Å². The van der Waals surface area contributed by atoms with Crippen LogP contribution in [-0.2, 0) is 11.8 Å². The molecule has 0 bridgehead atoms. The van der Waals surface area contributed by atoms with E-state index >= 15 is 0 Å². The van der Waals surface area contributed by atoms with Gasteiger partial charge < -0.3 is 9.84 Å². The van der Waals surface area contributed by atoms with Crippen molar-refractivity contribution in [1.29, 1.82) is 0 Å². The normalized spacial score (nSPS) is 11.6. The third-order valence-corrected chi connectivity index (χ3v) is 4.76. The van der Waals surface area contributed by atoms with Gasteiger partial charge >= 0.3 is 12.2 Å². The Morgan fingerprint density at radius 2 is 2.00 bits per heavy atom. The SMILES string of the molecule is COC(=O)Nc1ccc(-c2nnn(C)c2N(C(=O)O)[C@H](C)c2ccccc2Cl)nc1. The van der Waals surface area contributed by atoms with Gasteiger partial charge in [0.1, 0.15) is 0 Å². The number of aryl methyl sites for hydroxylation is 1. The van der Waals surface area contributed by atoms with Crippen LogP contribution in [0, 0.1) is 0 Å². The predicted molar refractivity (Wildman–Crippen MR) is 111 cm³/mol. The average molecular weight is 431 g/mol. The molecule has 2 aromatic heterocycles. The standard InChI is InChI=1S/C19H19ClN6O4/c1-11(13-6-4-5-7-14(13)20)26(19(28)29)17-16(23-24-25(17)2)15-9-8-12(10-21-15)22-18(27)30-3/h4-11H,1-3H3,(H,22,27)(H,28,29)/t11-/m1/s1. The second-order valence-corrected chi connectivity index (χ2v) is 6.69. The molecule has 0 saturated heterocycles. The molecule has 10 nitrogen and oxygen atoms in total. The number of methoxy groups -OCH3 is 1. The Morgan fingerprint density at radius 1 is 1.27 bits per heavy atom. The van der Waals surface area contributed by atoms with Crippen molar-refractivity contribution < 1.29 is 19.4 Å². The van der Waals surface area contributed by atoms with Crippen LogP contribution < -0.4 is 10.2 Å². The Morgan fingerprint density at radius 3 is 2.60 bits per heavy atom. The zero-order valence-corrected chi connectivity index (χ0v) is 17.2. The van der Waals surface area contributed by atoms with Gasteiger partial charge in [0, 0.05) is 12.1 Å². The van der Waals surface area contributed by atoms with E-state index in [2.05, 4.69) is 25.3 Å². The van der Waals surface area contributed by atoms with Crippen LogP contribution >= 0.6 is 11.6 Å². The molecule has 0 fully saturated rings. The number of hydrogen-bond donors (Lipinski definition) is 2. The molecule has 1 aromatic carbocycles. The molecule has 0 aliphatic heterocycles. The Labute approximate surface area is 177 Å². The number of halogens is 1. The molecule has 2 heterocycles. The van der Waals surface area contributed by atoms with E-state index in [-0.39, 0.29) is 11.5 Å². The van der Waals surface area contributed by atoms with E-state index in [1.165, 1.54) is 18.0 Å². The van der Waals surface area contributed by atoms with Crippen LogP contribution in [0.1, 0.15) is 18.5 Å². The van der Waals surface area contributed by atoms with Crippen LogP contribution in [0.2, 0.25) is 5.02 Å². The summed E-state index contributed by atoms with van der Waals surface area (Å²) in [7, 11) is 2.85. The monoisotopic (exact) mass is 430 g/mol. The average Bonchev–Trinajstić information content (AvgIpc) is 3.09. The van der Waals surface area contributed by atoms with E-state index in [0.717, 1.165) is 4.90 Å². The Kier molecular flexibility index (Phi) is 6.17. The van der Waals surface area contributed by atoms with Gasteiger partial charge in [-0.15, -0.1) is 5.10 Å². The molecular weight excluding hydrogens is 412 g/mol. The number of carboxylic acid groups (broad SMARTS) is 1. The first-order chi connectivity index (χ1) is 14.3. The quantitative estimate of drug-likeness (QED) is 0.628. The number of hydrogen-bond acceptors (Lipinski definition) is 6. The summed E-state index contributed by atoms with van der Waals surface area (Å²) in [4.78, 5) is 28.9. The number of carbonyl (C=O) groups is 2. The van der Waals surface area contributed by atoms with Gasteiger partial charge in [-0.1, -0.05) is 35.0 Å². The zero-order valence-electron chi connectivity index (χ0n) is 16.4. The van der Waals surface area contributed by atoms with Crippen LogP contribution in [0.25, 0.3) is 11.4 Å². The number of rotatable bonds is 5.